The summed E-state index contributed by atoms with van der Waals surface area (Å²) in [6.07, 6.45) is 4.03. The average Bonchev–Trinajstić information content (AvgIpc) is 2.54. The van der Waals surface area contributed by atoms with E-state index in [-0.39, 0.29) is 18.1 Å². The predicted molar refractivity (Wildman–Crippen MR) is 98.8 cm³/mol. The van der Waals surface area contributed by atoms with Crippen LogP contribution >= 0.6 is 15.9 Å². The molecule has 1 aromatic carbocycles. The minimum absolute atomic E-state index is 0.0472. The topological polar surface area (TPSA) is 67.4 Å². The zero-order valence-corrected chi connectivity index (χ0v) is 16.1. The van der Waals surface area contributed by atoms with Gasteiger partial charge >= 0.3 is 12.0 Å². The number of allylic oxidation sites excluding steroid dienone is 1. The fraction of sp³-hybridized carbons (Fsp3) is 0.474. The van der Waals surface area contributed by atoms with Crippen molar-refractivity contribution in [1.29, 1.82) is 0 Å². The van der Waals surface area contributed by atoms with E-state index in [2.05, 4.69) is 33.5 Å². The van der Waals surface area contributed by atoms with Gasteiger partial charge < -0.3 is 15.4 Å². The molecule has 1 aliphatic carbocycles. The lowest BCUT2D eigenvalue weighted by molar-refractivity contribution is -0.146. The molecule has 25 heavy (non-hydrogen) atoms. The van der Waals surface area contributed by atoms with Crippen LogP contribution in [0.4, 0.5) is 4.79 Å². The van der Waals surface area contributed by atoms with Crippen LogP contribution in [-0.4, -0.2) is 18.1 Å². The highest BCUT2D eigenvalue weighted by Gasteiger charge is 2.34. The van der Waals surface area contributed by atoms with Crippen molar-refractivity contribution < 1.29 is 14.3 Å². The number of nitrogens with one attached hydrogen (secondary N) is 2. The molecule has 134 valence electrons. The van der Waals surface area contributed by atoms with Crippen LogP contribution in [0.5, 0.6) is 0 Å². The van der Waals surface area contributed by atoms with E-state index in [1.54, 1.807) is 6.92 Å². The first-order valence-corrected chi connectivity index (χ1v) is 9.48. The third-order valence-corrected chi connectivity index (χ3v) is 5.59. The Morgan fingerprint density at radius 3 is 2.76 bits per heavy atom. The van der Waals surface area contributed by atoms with Gasteiger partial charge in [0, 0.05) is 10.2 Å². The van der Waals surface area contributed by atoms with Crippen molar-refractivity contribution in [3.05, 3.63) is 45.6 Å². The third-order valence-electron chi connectivity index (χ3n) is 4.87. The predicted octanol–water partition coefficient (Wildman–Crippen LogP) is 4.20. The first-order valence-electron chi connectivity index (χ1n) is 8.69. The summed E-state index contributed by atoms with van der Waals surface area (Å²) >= 11 is 3.51. The van der Waals surface area contributed by atoms with Gasteiger partial charge in [0.1, 0.15) is 6.10 Å². The number of carbonyl (C=O) groups is 2. The molecule has 1 aromatic rings. The summed E-state index contributed by atoms with van der Waals surface area (Å²) in [5.74, 6) is 0.217. The molecule has 1 heterocycles. The van der Waals surface area contributed by atoms with E-state index < -0.39 is 6.04 Å². The van der Waals surface area contributed by atoms with Gasteiger partial charge in [-0.05, 0) is 43.7 Å². The standard InChI is InChI=1S/C19H23BrN2O3/c1-11-6-5-7-13(10-11)25-18(23)16-12(2)21-19(24)22-17(16)14-8-3-4-9-15(14)20/h3-4,8-9,11,13,17H,5-7,10H2,1-2H3,(H2,21,22,24)/t11-,13-,17+/m0/s1. The van der Waals surface area contributed by atoms with E-state index >= 15 is 0 Å². The number of hydrogen-bond acceptors (Lipinski definition) is 3. The number of esters is 1. The quantitative estimate of drug-likeness (QED) is 0.739. The zero-order valence-electron chi connectivity index (χ0n) is 14.5. The van der Waals surface area contributed by atoms with Gasteiger partial charge in [0.15, 0.2) is 0 Å². The van der Waals surface area contributed by atoms with Crippen molar-refractivity contribution in [3.63, 3.8) is 0 Å². The highest BCUT2D eigenvalue weighted by atomic mass is 79.9. The highest BCUT2D eigenvalue weighted by molar-refractivity contribution is 9.10. The Bertz CT molecular complexity index is 716. The van der Waals surface area contributed by atoms with Crippen molar-refractivity contribution in [1.82, 2.24) is 10.6 Å². The van der Waals surface area contributed by atoms with Crippen LogP contribution in [0.25, 0.3) is 0 Å². The summed E-state index contributed by atoms with van der Waals surface area (Å²) in [4.78, 5) is 24.8. The van der Waals surface area contributed by atoms with Crippen LogP contribution in [0.3, 0.4) is 0 Å². The summed E-state index contributed by atoms with van der Waals surface area (Å²) in [7, 11) is 0. The maximum absolute atomic E-state index is 12.9. The zero-order chi connectivity index (χ0) is 18.0. The SMILES string of the molecule is CC1=C(C(=O)O[C@H]2CCC[C@H](C)C2)[C@@H](c2ccccc2Br)NC(=O)N1. The number of carbonyl (C=O) groups excluding carboxylic acids is 2. The molecule has 1 aliphatic heterocycles. The Balaban J connectivity index is 1.87. The minimum Gasteiger partial charge on any atom is -0.459 e. The van der Waals surface area contributed by atoms with Gasteiger partial charge in [-0.1, -0.05) is 47.5 Å². The molecule has 3 atom stereocenters. The number of hydrogen-bond donors (Lipinski definition) is 2. The second-order valence-electron chi connectivity index (χ2n) is 6.89. The fourth-order valence-electron chi connectivity index (χ4n) is 3.61. The lowest BCUT2D eigenvalue weighted by atomic mass is 9.88. The summed E-state index contributed by atoms with van der Waals surface area (Å²) in [6, 6.07) is 6.72. The normalized spacial score (nSPS) is 26.7. The largest absolute Gasteiger partial charge is 0.459 e. The third kappa shape index (κ3) is 4.06. The van der Waals surface area contributed by atoms with Gasteiger partial charge in [-0.3, -0.25) is 0 Å². The lowest BCUT2D eigenvalue weighted by Gasteiger charge is -2.31. The number of ether oxygens (including phenoxy) is 1. The molecular formula is C19H23BrN2O3. The lowest BCUT2D eigenvalue weighted by Crippen LogP contribution is -2.45. The molecule has 0 aromatic heterocycles. The second-order valence-corrected chi connectivity index (χ2v) is 7.75. The number of urea groups is 1. The Hall–Kier alpha value is -1.82. The smallest absolute Gasteiger partial charge is 0.338 e. The molecule has 0 bridgehead atoms. The molecule has 6 heteroatoms. The van der Waals surface area contributed by atoms with E-state index in [0.717, 1.165) is 29.3 Å². The maximum Gasteiger partial charge on any atom is 0.338 e. The van der Waals surface area contributed by atoms with Gasteiger partial charge in [0.2, 0.25) is 0 Å². The van der Waals surface area contributed by atoms with Crippen LogP contribution in [-0.2, 0) is 9.53 Å². The van der Waals surface area contributed by atoms with Crippen LogP contribution < -0.4 is 10.6 Å². The number of amides is 2. The van der Waals surface area contributed by atoms with Crippen molar-refractivity contribution >= 4 is 27.9 Å². The van der Waals surface area contributed by atoms with Crippen LogP contribution in [0.2, 0.25) is 0 Å². The van der Waals surface area contributed by atoms with Crippen LogP contribution in [0.15, 0.2) is 40.0 Å². The average molecular weight is 407 g/mol. The van der Waals surface area contributed by atoms with Gasteiger partial charge in [-0.2, -0.15) is 0 Å². The Morgan fingerprint density at radius 2 is 2.04 bits per heavy atom. The van der Waals surface area contributed by atoms with E-state index in [9.17, 15) is 9.59 Å². The fourth-order valence-corrected chi connectivity index (χ4v) is 4.12. The summed E-state index contributed by atoms with van der Waals surface area (Å²) < 4.78 is 6.63. The molecular weight excluding hydrogens is 384 g/mol. The number of rotatable bonds is 3. The van der Waals surface area contributed by atoms with Crippen molar-refractivity contribution in [2.24, 2.45) is 5.92 Å². The molecule has 0 radical (unpaired) electrons. The second kappa shape index (κ2) is 7.60. The van der Waals surface area contributed by atoms with Crippen LogP contribution in [0.1, 0.15) is 51.1 Å². The minimum atomic E-state index is -0.530. The van der Waals surface area contributed by atoms with Crippen molar-refractivity contribution in [2.75, 3.05) is 0 Å². The molecule has 2 N–H and O–H groups in total. The molecule has 1 fully saturated rings. The summed E-state index contributed by atoms with van der Waals surface area (Å²) in [5.41, 5.74) is 1.84. The molecule has 2 amide bonds. The highest BCUT2D eigenvalue weighted by Crippen LogP contribution is 2.33. The molecule has 1 saturated carbocycles. The van der Waals surface area contributed by atoms with Crippen LogP contribution in [0, 0.1) is 5.92 Å². The van der Waals surface area contributed by atoms with E-state index in [1.807, 2.05) is 24.3 Å². The van der Waals surface area contributed by atoms with E-state index in [4.69, 9.17) is 4.74 Å². The van der Waals surface area contributed by atoms with Crippen molar-refractivity contribution in [3.8, 4) is 0 Å². The molecule has 0 saturated heterocycles. The van der Waals surface area contributed by atoms with Gasteiger partial charge in [-0.25, -0.2) is 9.59 Å². The first-order chi connectivity index (χ1) is 12.0. The van der Waals surface area contributed by atoms with E-state index in [0.29, 0.717) is 17.2 Å². The Labute approximate surface area is 156 Å². The monoisotopic (exact) mass is 406 g/mol. The van der Waals surface area contributed by atoms with Gasteiger partial charge in [-0.15, -0.1) is 0 Å². The molecule has 5 nitrogen and oxygen atoms in total. The molecule has 0 unspecified atom stereocenters. The molecule has 0 spiro atoms. The number of benzene rings is 1. The number of halogens is 1. The Kier molecular flexibility index (Phi) is 5.47. The molecule has 3 rings (SSSR count). The maximum atomic E-state index is 12.9. The first kappa shape index (κ1) is 18.0. The summed E-state index contributed by atoms with van der Waals surface area (Å²) in [5, 5.41) is 5.53. The van der Waals surface area contributed by atoms with E-state index in [1.165, 1.54) is 6.42 Å². The van der Waals surface area contributed by atoms with Gasteiger partial charge in [0.05, 0.1) is 11.6 Å². The Morgan fingerprint density at radius 1 is 1.28 bits per heavy atom. The summed E-state index contributed by atoms with van der Waals surface area (Å²) in [6.45, 7) is 3.93. The van der Waals surface area contributed by atoms with Crippen molar-refractivity contribution in [2.45, 2.75) is 51.7 Å². The molecule has 2 aliphatic rings. The van der Waals surface area contributed by atoms with Gasteiger partial charge in [0.25, 0.3) is 0 Å².